The average Bonchev–Trinajstić information content (AvgIpc) is 3.06. The van der Waals surface area contributed by atoms with Gasteiger partial charge in [0.1, 0.15) is 10.6 Å². The summed E-state index contributed by atoms with van der Waals surface area (Å²) in [4.78, 5) is 28.9. The molecular formula is C20H20N2O3S. The second-order valence-electron chi connectivity index (χ2n) is 6.00. The minimum Gasteiger partial charge on any atom is -0.495 e. The van der Waals surface area contributed by atoms with E-state index in [1.807, 2.05) is 56.3 Å². The molecule has 5 nitrogen and oxygen atoms in total. The summed E-state index contributed by atoms with van der Waals surface area (Å²) >= 11 is 1.37. The Morgan fingerprint density at radius 2 is 1.92 bits per heavy atom. The number of H-pyrrole nitrogens is 1. The summed E-state index contributed by atoms with van der Waals surface area (Å²) < 4.78 is 5.37. The zero-order valence-electron chi connectivity index (χ0n) is 14.9. The molecule has 0 spiro atoms. The highest BCUT2D eigenvalue weighted by molar-refractivity contribution is 7.17. The van der Waals surface area contributed by atoms with Crippen molar-refractivity contribution in [3.8, 4) is 16.2 Å². The maximum absolute atomic E-state index is 12.6. The van der Waals surface area contributed by atoms with E-state index in [4.69, 9.17) is 4.74 Å². The maximum atomic E-state index is 12.6. The molecule has 26 heavy (non-hydrogen) atoms. The van der Waals surface area contributed by atoms with Crippen LogP contribution in [0.15, 0.2) is 47.3 Å². The van der Waals surface area contributed by atoms with Crippen molar-refractivity contribution in [2.24, 2.45) is 0 Å². The van der Waals surface area contributed by atoms with E-state index in [0.29, 0.717) is 16.2 Å². The average molecular weight is 368 g/mol. The molecule has 0 saturated carbocycles. The summed E-state index contributed by atoms with van der Waals surface area (Å²) in [6.45, 7) is 3.86. The predicted octanol–water partition coefficient (Wildman–Crippen LogP) is 3.66. The molecule has 0 fully saturated rings. The van der Waals surface area contributed by atoms with Crippen molar-refractivity contribution in [1.82, 2.24) is 10.3 Å². The molecule has 2 aromatic heterocycles. The molecule has 1 amide bonds. The van der Waals surface area contributed by atoms with Gasteiger partial charge in [-0.2, -0.15) is 0 Å². The van der Waals surface area contributed by atoms with Crippen molar-refractivity contribution in [3.63, 3.8) is 0 Å². The van der Waals surface area contributed by atoms with Crippen LogP contribution in [0.4, 0.5) is 0 Å². The molecule has 1 aromatic carbocycles. The standard InChI is InChI=1S/C20H20N2O3S/c1-12-9-13(2)22-19(23)15(12)11-21-20(24)18-16(25-3)10-17(26-18)14-7-5-4-6-8-14/h4-10H,11H2,1-3H3,(H,21,24)(H,22,23). The number of amides is 1. The van der Waals surface area contributed by atoms with Gasteiger partial charge in [0.15, 0.2) is 0 Å². The number of rotatable bonds is 5. The molecular weight excluding hydrogens is 348 g/mol. The van der Waals surface area contributed by atoms with Crippen molar-refractivity contribution >= 4 is 17.2 Å². The number of hydrogen-bond acceptors (Lipinski definition) is 4. The summed E-state index contributed by atoms with van der Waals surface area (Å²) in [6.07, 6.45) is 0. The molecule has 0 bridgehead atoms. The highest BCUT2D eigenvalue weighted by Crippen LogP contribution is 2.36. The summed E-state index contributed by atoms with van der Waals surface area (Å²) in [7, 11) is 1.54. The SMILES string of the molecule is COc1cc(-c2ccccc2)sc1C(=O)NCc1c(C)cc(C)[nH]c1=O. The normalized spacial score (nSPS) is 10.6. The van der Waals surface area contributed by atoms with Crippen LogP contribution in [-0.2, 0) is 6.54 Å². The Bertz CT molecular complexity index is 990. The molecule has 0 atom stereocenters. The topological polar surface area (TPSA) is 71.2 Å². The van der Waals surface area contributed by atoms with E-state index in [1.165, 1.54) is 11.3 Å². The van der Waals surface area contributed by atoms with Crippen LogP contribution in [0.25, 0.3) is 10.4 Å². The van der Waals surface area contributed by atoms with E-state index in [0.717, 1.165) is 21.7 Å². The van der Waals surface area contributed by atoms with Crippen LogP contribution in [0.5, 0.6) is 5.75 Å². The second kappa shape index (κ2) is 7.58. The smallest absolute Gasteiger partial charge is 0.265 e. The third-order valence-corrected chi connectivity index (χ3v) is 5.27. The minimum absolute atomic E-state index is 0.169. The van der Waals surface area contributed by atoms with Gasteiger partial charge >= 0.3 is 0 Å². The molecule has 2 heterocycles. The molecule has 0 saturated heterocycles. The maximum Gasteiger partial charge on any atom is 0.265 e. The molecule has 3 rings (SSSR count). The molecule has 0 aliphatic rings. The van der Waals surface area contributed by atoms with Crippen molar-refractivity contribution in [3.05, 3.63) is 74.5 Å². The van der Waals surface area contributed by atoms with Crippen LogP contribution in [-0.4, -0.2) is 18.0 Å². The van der Waals surface area contributed by atoms with E-state index in [1.54, 1.807) is 7.11 Å². The Morgan fingerprint density at radius 3 is 2.58 bits per heavy atom. The number of aryl methyl sites for hydroxylation is 2. The van der Waals surface area contributed by atoms with Crippen molar-refractivity contribution in [1.29, 1.82) is 0 Å². The summed E-state index contributed by atoms with van der Waals surface area (Å²) in [6, 6.07) is 13.6. The van der Waals surface area contributed by atoms with Gasteiger partial charge in [0.25, 0.3) is 11.5 Å². The summed E-state index contributed by atoms with van der Waals surface area (Å²) in [5.74, 6) is 0.272. The monoisotopic (exact) mass is 368 g/mol. The van der Waals surface area contributed by atoms with Gasteiger partial charge in [-0.1, -0.05) is 30.3 Å². The first-order valence-electron chi connectivity index (χ1n) is 8.20. The van der Waals surface area contributed by atoms with Gasteiger partial charge < -0.3 is 15.0 Å². The van der Waals surface area contributed by atoms with Crippen LogP contribution in [0, 0.1) is 13.8 Å². The van der Waals surface area contributed by atoms with Crippen LogP contribution < -0.4 is 15.6 Å². The molecule has 2 N–H and O–H groups in total. The lowest BCUT2D eigenvalue weighted by Crippen LogP contribution is -2.27. The molecule has 0 aliphatic carbocycles. The van der Waals surface area contributed by atoms with E-state index in [2.05, 4.69) is 10.3 Å². The Labute approximate surface area is 155 Å². The fourth-order valence-corrected chi connectivity index (χ4v) is 3.83. The van der Waals surface area contributed by atoms with E-state index in [9.17, 15) is 9.59 Å². The lowest BCUT2D eigenvalue weighted by molar-refractivity contribution is 0.0952. The first-order chi connectivity index (χ1) is 12.5. The van der Waals surface area contributed by atoms with E-state index < -0.39 is 0 Å². The third-order valence-electron chi connectivity index (χ3n) is 4.10. The Balaban J connectivity index is 1.82. The number of carbonyl (C=O) groups excluding carboxylic acids is 1. The predicted molar refractivity (Wildman–Crippen MR) is 104 cm³/mol. The highest BCUT2D eigenvalue weighted by atomic mass is 32.1. The van der Waals surface area contributed by atoms with Gasteiger partial charge in [-0.25, -0.2) is 0 Å². The quantitative estimate of drug-likeness (QED) is 0.722. The van der Waals surface area contributed by atoms with Gasteiger partial charge in [0.2, 0.25) is 0 Å². The number of methoxy groups -OCH3 is 1. The van der Waals surface area contributed by atoms with Crippen LogP contribution in [0.3, 0.4) is 0 Å². The Morgan fingerprint density at radius 1 is 1.19 bits per heavy atom. The number of aromatic amines is 1. The number of ether oxygens (including phenoxy) is 1. The number of nitrogens with one attached hydrogen (secondary N) is 2. The minimum atomic E-state index is -0.256. The van der Waals surface area contributed by atoms with E-state index in [-0.39, 0.29) is 18.0 Å². The van der Waals surface area contributed by atoms with Crippen molar-refractivity contribution < 1.29 is 9.53 Å². The van der Waals surface area contributed by atoms with Gasteiger partial charge in [-0.3, -0.25) is 9.59 Å². The van der Waals surface area contributed by atoms with Gasteiger partial charge in [0.05, 0.1) is 7.11 Å². The molecule has 0 aliphatic heterocycles. The fourth-order valence-electron chi connectivity index (χ4n) is 2.78. The Hall–Kier alpha value is -2.86. The number of thiophene rings is 1. The zero-order valence-corrected chi connectivity index (χ0v) is 15.7. The van der Waals surface area contributed by atoms with Gasteiger partial charge in [-0.15, -0.1) is 11.3 Å². The van der Waals surface area contributed by atoms with Crippen molar-refractivity contribution in [2.75, 3.05) is 7.11 Å². The van der Waals surface area contributed by atoms with Crippen LogP contribution >= 0.6 is 11.3 Å². The lowest BCUT2D eigenvalue weighted by Gasteiger charge is -2.08. The molecule has 6 heteroatoms. The Kier molecular flexibility index (Phi) is 5.23. The molecule has 0 radical (unpaired) electrons. The highest BCUT2D eigenvalue weighted by Gasteiger charge is 2.18. The molecule has 0 unspecified atom stereocenters. The zero-order chi connectivity index (χ0) is 18.7. The number of hydrogen-bond donors (Lipinski definition) is 2. The van der Waals surface area contributed by atoms with Gasteiger partial charge in [-0.05, 0) is 37.1 Å². The molecule has 134 valence electrons. The fraction of sp³-hybridized carbons (Fsp3) is 0.200. The second-order valence-corrected chi connectivity index (χ2v) is 7.05. The molecule has 3 aromatic rings. The third kappa shape index (κ3) is 3.70. The summed E-state index contributed by atoms with van der Waals surface area (Å²) in [5, 5.41) is 2.83. The van der Waals surface area contributed by atoms with Crippen LogP contribution in [0.1, 0.15) is 26.5 Å². The van der Waals surface area contributed by atoms with Crippen LogP contribution in [0.2, 0.25) is 0 Å². The largest absolute Gasteiger partial charge is 0.495 e. The first kappa shape index (κ1) is 17.9. The summed E-state index contributed by atoms with van der Waals surface area (Å²) in [5.41, 5.74) is 3.07. The number of carbonyl (C=O) groups is 1. The van der Waals surface area contributed by atoms with E-state index >= 15 is 0 Å². The van der Waals surface area contributed by atoms with Crippen molar-refractivity contribution in [2.45, 2.75) is 20.4 Å². The number of pyridine rings is 1. The number of aromatic nitrogens is 1. The van der Waals surface area contributed by atoms with Gasteiger partial charge in [0, 0.05) is 22.7 Å². The number of benzene rings is 1. The lowest BCUT2D eigenvalue weighted by atomic mass is 10.1. The first-order valence-corrected chi connectivity index (χ1v) is 9.02.